The van der Waals surface area contributed by atoms with E-state index in [9.17, 15) is 9.59 Å². The predicted octanol–water partition coefficient (Wildman–Crippen LogP) is 2.31. The molecule has 0 saturated heterocycles. The van der Waals surface area contributed by atoms with Gasteiger partial charge in [-0.2, -0.15) is 0 Å². The Morgan fingerprint density at radius 2 is 2.11 bits per heavy atom. The van der Waals surface area contributed by atoms with Crippen LogP contribution in [0.1, 0.15) is 45.8 Å². The van der Waals surface area contributed by atoms with Crippen molar-refractivity contribution in [2.45, 2.75) is 38.5 Å². The van der Waals surface area contributed by atoms with Crippen molar-refractivity contribution in [2.24, 2.45) is 0 Å². The molecule has 4 nitrogen and oxygen atoms in total. The molecule has 1 aliphatic rings. The zero-order valence-corrected chi connectivity index (χ0v) is 12.0. The second-order valence-electron chi connectivity index (χ2n) is 4.70. The van der Waals surface area contributed by atoms with E-state index in [1.165, 1.54) is 36.8 Å². The fraction of sp³-hybridized carbons (Fsp3) is 0.571. The van der Waals surface area contributed by atoms with Gasteiger partial charge in [-0.15, -0.1) is 11.3 Å². The zero-order chi connectivity index (χ0) is 13.7. The molecule has 5 heteroatoms. The van der Waals surface area contributed by atoms with Crippen LogP contribution in [0.25, 0.3) is 0 Å². The third kappa shape index (κ3) is 3.80. The van der Waals surface area contributed by atoms with Crippen LogP contribution in [0.2, 0.25) is 0 Å². The molecule has 1 N–H and O–H groups in total. The molecule has 0 unspecified atom stereocenters. The fourth-order valence-electron chi connectivity index (χ4n) is 2.25. The topological polar surface area (TPSA) is 55.4 Å². The minimum Gasteiger partial charge on any atom is -0.469 e. The van der Waals surface area contributed by atoms with Crippen LogP contribution in [0.3, 0.4) is 0 Å². The maximum absolute atomic E-state index is 12.0. The normalized spacial score (nSPS) is 14.4. The van der Waals surface area contributed by atoms with Crippen LogP contribution >= 0.6 is 11.3 Å². The molecule has 1 amide bonds. The van der Waals surface area contributed by atoms with Gasteiger partial charge in [-0.25, -0.2) is 0 Å². The van der Waals surface area contributed by atoms with Gasteiger partial charge in [0.05, 0.1) is 18.4 Å². The molecular formula is C14H19NO3S. The molecule has 0 atom stereocenters. The molecule has 19 heavy (non-hydrogen) atoms. The largest absolute Gasteiger partial charge is 0.469 e. The Kier molecular flexibility index (Phi) is 4.96. The first-order valence-corrected chi connectivity index (χ1v) is 7.49. The van der Waals surface area contributed by atoms with Crippen LogP contribution in [0.5, 0.6) is 0 Å². The minimum atomic E-state index is -0.303. The van der Waals surface area contributed by atoms with Gasteiger partial charge in [-0.3, -0.25) is 9.59 Å². The highest BCUT2D eigenvalue weighted by Gasteiger charge is 2.16. The molecule has 1 heterocycles. The summed E-state index contributed by atoms with van der Waals surface area (Å²) < 4.78 is 4.53. The molecule has 0 saturated carbocycles. The van der Waals surface area contributed by atoms with Crippen molar-refractivity contribution in [3.05, 3.63) is 21.4 Å². The lowest BCUT2D eigenvalue weighted by atomic mass is 10.1. The van der Waals surface area contributed by atoms with Gasteiger partial charge in [0.25, 0.3) is 5.91 Å². The van der Waals surface area contributed by atoms with E-state index in [2.05, 4.69) is 10.1 Å². The van der Waals surface area contributed by atoms with Gasteiger partial charge in [0.1, 0.15) is 0 Å². The van der Waals surface area contributed by atoms with Crippen molar-refractivity contribution >= 4 is 23.2 Å². The first-order valence-electron chi connectivity index (χ1n) is 6.67. The van der Waals surface area contributed by atoms with Crippen LogP contribution in [0, 0.1) is 0 Å². The Bertz CT molecular complexity index is 444. The summed E-state index contributed by atoms with van der Waals surface area (Å²) in [7, 11) is 1.35. The molecule has 1 aromatic heterocycles. The highest BCUT2D eigenvalue weighted by Crippen LogP contribution is 2.28. The van der Waals surface area contributed by atoms with Crippen molar-refractivity contribution in [1.29, 1.82) is 0 Å². The second-order valence-corrected chi connectivity index (χ2v) is 5.84. The van der Waals surface area contributed by atoms with Crippen molar-refractivity contribution in [3.63, 3.8) is 0 Å². The van der Waals surface area contributed by atoms with Crippen LogP contribution in [0.15, 0.2) is 6.07 Å². The van der Waals surface area contributed by atoms with Gasteiger partial charge in [0, 0.05) is 11.4 Å². The minimum absolute atomic E-state index is 0.0815. The van der Waals surface area contributed by atoms with E-state index in [1.54, 1.807) is 11.3 Å². The maximum Gasteiger partial charge on any atom is 0.307 e. The standard InChI is InChI=1S/C14H19NO3S/c1-18-13(16)7-8-15-14(17)12-9-10-5-3-2-4-6-11(10)19-12/h9H,2-8H2,1H3,(H,15,17). The lowest BCUT2D eigenvalue weighted by Crippen LogP contribution is -2.25. The van der Waals surface area contributed by atoms with Gasteiger partial charge in [0.15, 0.2) is 0 Å². The summed E-state index contributed by atoms with van der Waals surface area (Å²) in [6.45, 7) is 0.327. The first-order chi connectivity index (χ1) is 9.20. The van der Waals surface area contributed by atoms with Crippen molar-refractivity contribution in [2.75, 3.05) is 13.7 Å². The number of carbonyl (C=O) groups is 2. The van der Waals surface area contributed by atoms with E-state index in [4.69, 9.17) is 0 Å². The third-order valence-electron chi connectivity index (χ3n) is 3.31. The van der Waals surface area contributed by atoms with Gasteiger partial charge >= 0.3 is 5.97 Å². The Morgan fingerprint density at radius 3 is 2.89 bits per heavy atom. The van der Waals surface area contributed by atoms with Gasteiger partial charge in [-0.05, 0) is 37.3 Å². The molecule has 0 aliphatic heterocycles. The summed E-state index contributed by atoms with van der Waals surface area (Å²) in [5.41, 5.74) is 1.33. The van der Waals surface area contributed by atoms with E-state index >= 15 is 0 Å². The predicted molar refractivity (Wildman–Crippen MR) is 74.5 cm³/mol. The average molecular weight is 281 g/mol. The number of fused-ring (bicyclic) bond motifs is 1. The smallest absolute Gasteiger partial charge is 0.307 e. The van der Waals surface area contributed by atoms with Crippen molar-refractivity contribution < 1.29 is 14.3 Å². The molecular weight excluding hydrogens is 262 g/mol. The van der Waals surface area contributed by atoms with Gasteiger partial charge < -0.3 is 10.1 Å². The molecule has 0 bridgehead atoms. The molecule has 0 radical (unpaired) electrons. The van der Waals surface area contributed by atoms with Gasteiger partial charge in [0.2, 0.25) is 0 Å². The summed E-state index contributed by atoms with van der Waals surface area (Å²) in [5, 5.41) is 2.76. The van der Waals surface area contributed by atoms with Crippen molar-refractivity contribution in [3.8, 4) is 0 Å². The van der Waals surface area contributed by atoms with Crippen molar-refractivity contribution in [1.82, 2.24) is 5.32 Å². The molecule has 104 valence electrons. The number of hydrogen-bond donors (Lipinski definition) is 1. The third-order valence-corrected chi connectivity index (χ3v) is 4.55. The number of thiophene rings is 1. The van der Waals surface area contributed by atoms with E-state index in [0.29, 0.717) is 6.54 Å². The Morgan fingerprint density at radius 1 is 1.32 bits per heavy atom. The highest BCUT2D eigenvalue weighted by molar-refractivity contribution is 7.14. The lowest BCUT2D eigenvalue weighted by molar-refractivity contribution is -0.140. The quantitative estimate of drug-likeness (QED) is 0.680. The summed E-state index contributed by atoms with van der Waals surface area (Å²) >= 11 is 1.59. The Hall–Kier alpha value is -1.36. The summed E-state index contributed by atoms with van der Waals surface area (Å²) in [6, 6.07) is 2.01. The zero-order valence-electron chi connectivity index (χ0n) is 11.2. The average Bonchev–Trinajstić information content (AvgIpc) is 2.70. The SMILES string of the molecule is COC(=O)CCNC(=O)c1cc2c(s1)CCCCC2. The number of hydrogen-bond acceptors (Lipinski definition) is 4. The number of esters is 1. The second kappa shape index (κ2) is 6.70. The molecule has 0 aromatic carbocycles. The number of carbonyl (C=O) groups excluding carboxylic acids is 2. The number of aryl methyl sites for hydroxylation is 2. The number of ether oxygens (including phenoxy) is 1. The summed E-state index contributed by atoms with van der Waals surface area (Å²) in [4.78, 5) is 25.0. The Balaban J connectivity index is 1.91. The molecule has 0 fully saturated rings. The maximum atomic E-state index is 12.0. The lowest BCUT2D eigenvalue weighted by Gasteiger charge is -2.02. The van der Waals surface area contributed by atoms with E-state index in [1.807, 2.05) is 6.07 Å². The molecule has 1 aromatic rings. The van der Waals surface area contributed by atoms with E-state index in [0.717, 1.165) is 17.7 Å². The van der Waals surface area contributed by atoms with Crippen LogP contribution in [0.4, 0.5) is 0 Å². The summed E-state index contributed by atoms with van der Waals surface area (Å²) in [5.74, 6) is -0.385. The van der Waals surface area contributed by atoms with Crippen LogP contribution in [-0.2, 0) is 22.4 Å². The number of nitrogens with one attached hydrogen (secondary N) is 1. The van der Waals surface area contributed by atoms with E-state index in [-0.39, 0.29) is 18.3 Å². The molecule has 2 rings (SSSR count). The van der Waals surface area contributed by atoms with Crippen LogP contribution in [-0.4, -0.2) is 25.5 Å². The monoisotopic (exact) mass is 281 g/mol. The number of methoxy groups -OCH3 is 1. The first kappa shape index (κ1) is 14.1. The number of rotatable bonds is 4. The molecule has 0 spiro atoms. The van der Waals surface area contributed by atoms with Crippen LogP contribution < -0.4 is 5.32 Å². The number of amides is 1. The van der Waals surface area contributed by atoms with E-state index < -0.39 is 0 Å². The summed E-state index contributed by atoms with van der Waals surface area (Å²) in [6.07, 6.45) is 6.11. The fourth-order valence-corrected chi connectivity index (χ4v) is 3.42. The molecule has 1 aliphatic carbocycles. The highest BCUT2D eigenvalue weighted by atomic mass is 32.1. The van der Waals surface area contributed by atoms with Gasteiger partial charge in [-0.1, -0.05) is 6.42 Å². The Labute approximate surface area is 117 Å².